The average Bonchev–Trinajstić information content (AvgIpc) is 1.84. The molecule has 0 aliphatic heterocycles. The van der Waals surface area contributed by atoms with Crippen LogP contribution in [0.4, 0.5) is 0 Å². The smallest absolute Gasteiger partial charge is 0.325 e. The summed E-state index contributed by atoms with van der Waals surface area (Å²) in [6.07, 6.45) is -0.850. The van der Waals surface area contributed by atoms with E-state index < -0.39 is 18.1 Å². The topological polar surface area (TPSA) is 72.5 Å². The molecule has 4 nitrogen and oxygen atoms in total. The van der Waals surface area contributed by atoms with Gasteiger partial charge in [0.2, 0.25) is 0 Å². The molecule has 0 rings (SSSR count). The van der Waals surface area contributed by atoms with Gasteiger partial charge < -0.3 is 15.6 Å². The maximum absolute atomic E-state index is 10.4. The van der Waals surface area contributed by atoms with Crippen LogP contribution in [-0.4, -0.2) is 30.3 Å². The van der Waals surface area contributed by atoms with Gasteiger partial charge in [0.05, 0.1) is 13.2 Å². The fraction of sp³-hybridized carbons (Fsp3) is 0.800. The van der Waals surface area contributed by atoms with Gasteiger partial charge in [0, 0.05) is 0 Å². The Balaban J connectivity index is 3.72. The first-order valence-electron chi connectivity index (χ1n) is 2.61. The highest BCUT2D eigenvalue weighted by molar-refractivity contribution is 5.75. The number of hydrogen-bond donors (Lipinski definition) is 2. The molecule has 4 heteroatoms. The van der Waals surface area contributed by atoms with Gasteiger partial charge in [0.15, 0.2) is 0 Å². The van der Waals surface area contributed by atoms with Crippen LogP contribution < -0.4 is 5.73 Å². The molecule has 0 saturated carbocycles. The van der Waals surface area contributed by atoms with E-state index >= 15 is 0 Å². The van der Waals surface area contributed by atoms with E-state index in [1.165, 1.54) is 14.0 Å². The first kappa shape index (κ1) is 8.39. The third-order valence-electron chi connectivity index (χ3n) is 0.993. The molecule has 3 N–H and O–H groups in total. The summed E-state index contributed by atoms with van der Waals surface area (Å²) < 4.78 is 4.25. The Morgan fingerprint density at radius 1 is 1.78 bits per heavy atom. The second kappa shape index (κ2) is 3.42. The SMILES string of the molecule is COC(=O)[C@@H](N)C(C)O. The third-order valence-corrected chi connectivity index (χ3v) is 0.993. The van der Waals surface area contributed by atoms with Crippen LogP contribution in [0.25, 0.3) is 0 Å². The predicted molar refractivity (Wildman–Crippen MR) is 31.7 cm³/mol. The van der Waals surface area contributed by atoms with Crippen LogP contribution in [-0.2, 0) is 9.53 Å². The van der Waals surface area contributed by atoms with E-state index in [1.54, 1.807) is 0 Å². The van der Waals surface area contributed by atoms with Gasteiger partial charge in [-0.3, -0.25) is 4.79 Å². The number of carbonyl (C=O) groups is 1. The lowest BCUT2D eigenvalue weighted by Crippen LogP contribution is -2.40. The fourth-order valence-corrected chi connectivity index (χ4v) is 0.333. The maximum atomic E-state index is 10.4. The molecular formula is C5H11NO3. The number of nitrogens with two attached hydrogens (primary N) is 1. The van der Waals surface area contributed by atoms with Gasteiger partial charge in [-0.15, -0.1) is 0 Å². The number of carbonyl (C=O) groups excluding carboxylic acids is 1. The van der Waals surface area contributed by atoms with Gasteiger partial charge in [-0.25, -0.2) is 0 Å². The van der Waals surface area contributed by atoms with Crippen LogP contribution in [0.15, 0.2) is 0 Å². The second-order valence-corrected chi connectivity index (χ2v) is 1.79. The van der Waals surface area contributed by atoms with Crippen LogP contribution in [0.5, 0.6) is 0 Å². The molecule has 0 saturated heterocycles. The van der Waals surface area contributed by atoms with Crippen LogP contribution in [0.1, 0.15) is 6.92 Å². The molecule has 1 unspecified atom stereocenters. The zero-order valence-electron chi connectivity index (χ0n) is 5.50. The van der Waals surface area contributed by atoms with Crippen molar-refractivity contribution >= 4 is 5.97 Å². The molecule has 0 aliphatic rings. The Labute approximate surface area is 53.6 Å². The van der Waals surface area contributed by atoms with E-state index in [0.29, 0.717) is 0 Å². The van der Waals surface area contributed by atoms with Crippen molar-refractivity contribution < 1.29 is 14.6 Å². The third kappa shape index (κ3) is 2.43. The van der Waals surface area contributed by atoms with Crippen LogP contribution in [0.3, 0.4) is 0 Å². The molecule has 0 aromatic heterocycles. The van der Waals surface area contributed by atoms with E-state index in [1.807, 2.05) is 0 Å². The van der Waals surface area contributed by atoms with Crippen molar-refractivity contribution in [1.29, 1.82) is 0 Å². The van der Waals surface area contributed by atoms with Gasteiger partial charge >= 0.3 is 5.97 Å². The lowest BCUT2D eigenvalue weighted by molar-refractivity contribution is -0.144. The lowest BCUT2D eigenvalue weighted by Gasteiger charge is -2.10. The number of rotatable bonds is 2. The zero-order valence-corrected chi connectivity index (χ0v) is 5.50. The summed E-state index contributed by atoms with van der Waals surface area (Å²) in [7, 11) is 1.23. The molecule has 0 aromatic carbocycles. The molecular weight excluding hydrogens is 122 g/mol. The van der Waals surface area contributed by atoms with E-state index in [0.717, 1.165) is 0 Å². The van der Waals surface area contributed by atoms with E-state index in [-0.39, 0.29) is 0 Å². The van der Waals surface area contributed by atoms with Crippen molar-refractivity contribution in [3.05, 3.63) is 0 Å². The summed E-state index contributed by atoms with van der Waals surface area (Å²) in [6, 6.07) is -0.921. The quantitative estimate of drug-likeness (QED) is 0.467. The molecule has 0 aliphatic carbocycles. The number of methoxy groups -OCH3 is 1. The van der Waals surface area contributed by atoms with Crippen molar-refractivity contribution in [3.8, 4) is 0 Å². The zero-order chi connectivity index (χ0) is 7.44. The number of hydrogen-bond acceptors (Lipinski definition) is 4. The fourth-order valence-electron chi connectivity index (χ4n) is 0.333. The van der Waals surface area contributed by atoms with Gasteiger partial charge in [0.25, 0.3) is 0 Å². The molecule has 9 heavy (non-hydrogen) atoms. The summed E-state index contributed by atoms with van der Waals surface area (Å²) in [4.78, 5) is 10.4. The highest BCUT2D eigenvalue weighted by Gasteiger charge is 2.18. The second-order valence-electron chi connectivity index (χ2n) is 1.79. The summed E-state index contributed by atoms with van der Waals surface area (Å²) in [6.45, 7) is 1.43. The minimum Gasteiger partial charge on any atom is -0.468 e. The molecule has 2 atom stereocenters. The standard InChI is InChI=1S/C5H11NO3/c1-3(7)4(6)5(8)9-2/h3-4,7H,6H2,1-2H3/t3?,4-/m0/s1. The maximum Gasteiger partial charge on any atom is 0.325 e. The summed E-state index contributed by atoms with van der Waals surface area (Å²) in [5.41, 5.74) is 5.15. The summed E-state index contributed by atoms with van der Waals surface area (Å²) in [5, 5.41) is 8.70. The molecule has 0 fully saturated rings. The van der Waals surface area contributed by atoms with Crippen molar-refractivity contribution in [1.82, 2.24) is 0 Å². The van der Waals surface area contributed by atoms with Gasteiger partial charge in [0.1, 0.15) is 6.04 Å². The number of aliphatic hydroxyl groups excluding tert-OH is 1. The normalized spacial score (nSPS) is 16.4. The Hall–Kier alpha value is -0.610. The van der Waals surface area contributed by atoms with Crippen molar-refractivity contribution in [3.63, 3.8) is 0 Å². The molecule has 0 bridgehead atoms. The molecule has 0 amide bonds. The molecule has 0 heterocycles. The molecule has 54 valence electrons. The Bertz CT molecular complexity index is 102. The van der Waals surface area contributed by atoms with E-state index in [2.05, 4.69) is 4.74 Å². The van der Waals surface area contributed by atoms with Crippen molar-refractivity contribution in [2.75, 3.05) is 7.11 Å². The Kier molecular flexibility index (Phi) is 3.19. The Morgan fingerprint density at radius 2 is 2.22 bits per heavy atom. The number of ether oxygens (including phenoxy) is 1. The summed E-state index contributed by atoms with van der Waals surface area (Å²) >= 11 is 0. The minimum atomic E-state index is -0.921. The van der Waals surface area contributed by atoms with Gasteiger partial charge in [-0.1, -0.05) is 0 Å². The van der Waals surface area contributed by atoms with Crippen LogP contribution >= 0.6 is 0 Å². The highest BCUT2D eigenvalue weighted by atomic mass is 16.5. The summed E-state index contributed by atoms with van der Waals surface area (Å²) in [5.74, 6) is -0.593. The number of aliphatic hydroxyl groups is 1. The highest BCUT2D eigenvalue weighted by Crippen LogP contribution is 1.89. The van der Waals surface area contributed by atoms with Crippen molar-refractivity contribution in [2.24, 2.45) is 5.73 Å². The predicted octanol–water partition coefficient (Wildman–Crippen LogP) is -1.13. The van der Waals surface area contributed by atoms with Crippen LogP contribution in [0.2, 0.25) is 0 Å². The first-order chi connectivity index (χ1) is 4.09. The monoisotopic (exact) mass is 133 g/mol. The van der Waals surface area contributed by atoms with Gasteiger partial charge in [-0.2, -0.15) is 0 Å². The molecule has 0 radical (unpaired) electrons. The van der Waals surface area contributed by atoms with Gasteiger partial charge in [-0.05, 0) is 6.92 Å². The van der Waals surface area contributed by atoms with Crippen molar-refractivity contribution in [2.45, 2.75) is 19.1 Å². The average molecular weight is 133 g/mol. The minimum absolute atomic E-state index is 0.593. The molecule has 0 aromatic rings. The lowest BCUT2D eigenvalue weighted by atomic mass is 10.2. The van der Waals surface area contributed by atoms with E-state index in [4.69, 9.17) is 10.8 Å². The van der Waals surface area contributed by atoms with E-state index in [9.17, 15) is 4.79 Å². The Morgan fingerprint density at radius 3 is 2.33 bits per heavy atom. The molecule has 0 spiro atoms. The van der Waals surface area contributed by atoms with Crippen LogP contribution in [0, 0.1) is 0 Å². The largest absolute Gasteiger partial charge is 0.468 e. The number of esters is 1. The first-order valence-corrected chi connectivity index (χ1v) is 2.61.